The van der Waals surface area contributed by atoms with Gasteiger partial charge in [-0.05, 0) is 24.3 Å². The predicted octanol–water partition coefficient (Wildman–Crippen LogP) is 2.74. The van der Waals surface area contributed by atoms with Crippen LogP contribution in [0.1, 0.15) is 23.0 Å². The van der Waals surface area contributed by atoms with Gasteiger partial charge in [0.2, 0.25) is 0 Å². The molecule has 0 fully saturated rings. The molecule has 1 heterocycles. The second-order valence-electron chi connectivity index (χ2n) is 3.75. The third kappa shape index (κ3) is 2.85. The monoisotopic (exact) mass is 223 g/mol. The zero-order chi connectivity index (χ0) is 12.1. The normalized spacial score (nSPS) is 9.47. The summed E-state index contributed by atoms with van der Waals surface area (Å²) in [5, 5.41) is 0. The van der Waals surface area contributed by atoms with Crippen molar-refractivity contribution < 1.29 is 4.79 Å². The van der Waals surface area contributed by atoms with Gasteiger partial charge in [0, 0.05) is 18.7 Å². The van der Waals surface area contributed by atoms with E-state index in [9.17, 15) is 4.79 Å². The largest absolute Gasteiger partial charge is 0.333 e. The van der Waals surface area contributed by atoms with Crippen molar-refractivity contribution in [3.63, 3.8) is 0 Å². The number of benzene rings is 1. The summed E-state index contributed by atoms with van der Waals surface area (Å²) in [6, 6.07) is 13.5. The number of aromatic nitrogens is 1. The molecular formula is C15H13NO. The van der Waals surface area contributed by atoms with Crippen LogP contribution in [0.15, 0.2) is 48.7 Å². The van der Waals surface area contributed by atoms with Crippen molar-refractivity contribution in [3.05, 3.63) is 59.9 Å². The molecule has 0 saturated carbocycles. The van der Waals surface area contributed by atoms with Gasteiger partial charge < -0.3 is 4.57 Å². The topological polar surface area (TPSA) is 22.0 Å². The third-order valence-corrected chi connectivity index (χ3v) is 2.45. The Morgan fingerprint density at radius 1 is 1.18 bits per heavy atom. The minimum atomic E-state index is 0.0662. The van der Waals surface area contributed by atoms with Gasteiger partial charge in [-0.2, -0.15) is 0 Å². The maximum atomic E-state index is 11.3. The van der Waals surface area contributed by atoms with Crippen molar-refractivity contribution in [1.29, 1.82) is 0 Å². The Hall–Kier alpha value is -2.27. The summed E-state index contributed by atoms with van der Waals surface area (Å²) in [5.74, 6) is 6.19. The van der Waals surface area contributed by atoms with E-state index in [4.69, 9.17) is 0 Å². The fourth-order valence-corrected chi connectivity index (χ4v) is 1.62. The number of nitrogens with zero attached hydrogens (tertiary/aromatic N) is 1. The molecule has 2 rings (SSSR count). The fraction of sp³-hybridized carbons (Fsp3) is 0.133. The summed E-state index contributed by atoms with van der Waals surface area (Å²) in [6.45, 7) is 2.10. The SMILES string of the molecule is CC(=O)c1cccn1CC#Cc1ccccc1. The van der Waals surface area contributed by atoms with E-state index < -0.39 is 0 Å². The summed E-state index contributed by atoms with van der Waals surface area (Å²) < 4.78 is 1.86. The minimum absolute atomic E-state index is 0.0662. The molecule has 2 nitrogen and oxygen atoms in total. The Morgan fingerprint density at radius 3 is 2.65 bits per heavy atom. The Morgan fingerprint density at radius 2 is 1.94 bits per heavy atom. The maximum Gasteiger partial charge on any atom is 0.176 e. The van der Waals surface area contributed by atoms with Gasteiger partial charge in [-0.15, -0.1) is 0 Å². The zero-order valence-corrected chi connectivity index (χ0v) is 9.68. The van der Waals surface area contributed by atoms with E-state index in [0.29, 0.717) is 12.2 Å². The Kier molecular flexibility index (Phi) is 3.42. The molecule has 84 valence electrons. The molecule has 0 amide bonds. The molecule has 0 aliphatic heterocycles. The molecule has 0 spiro atoms. The van der Waals surface area contributed by atoms with E-state index in [-0.39, 0.29) is 5.78 Å². The van der Waals surface area contributed by atoms with Crippen LogP contribution in [-0.4, -0.2) is 10.4 Å². The molecule has 0 bridgehead atoms. The number of Topliss-reactive ketones (excluding diaryl/α,β-unsaturated/α-hetero) is 1. The maximum absolute atomic E-state index is 11.3. The molecule has 1 aromatic carbocycles. The van der Waals surface area contributed by atoms with Crippen molar-refractivity contribution in [2.45, 2.75) is 13.5 Å². The average Bonchev–Trinajstić information content (AvgIpc) is 2.79. The standard InChI is InChI=1S/C15H13NO/c1-13(17)15-10-6-12-16(15)11-5-9-14-7-3-2-4-8-14/h2-4,6-8,10,12H,11H2,1H3. The lowest BCUT2D eigenvalue weighted by Gasteiger charge is -2.00. The summed E-state index contributed by atoms with van der Waals surface area (Å²) in [6.07, 6.45) is 1.87. The van der Waals surface area contributed by atoms with Crippen molar-refractivity contribution in [1.82, 2.24) is 4.57 Å². The molecular weight excluding hydrogens is 210 g/mol. The van der Waals surface area contributed by atoms with E-state index in [0.717, 1.165) is 5.56 Å². The first-order chi connectivity index (χ1) is 8.27. The lowest BCUT2D eigenvalue weighted by molar-refractivity contribution is 0.100. The molecule has 0 saturated heterocycles. The van der Waals surface area contributed by atoms with Crippen LogP contribution in [0.5, 0.6) is 0 Å². The third-order valence-electron chi connectivity index (χ3n) is 2.45. The molecule has 0 unspecified atom stereocenters. The van der Waals surface area contributed by atoms with E-state index >= 15 is 0 Å². The van der Waals surface area contributed by atoms with Crippen LogP contribution in [0.2, 0.25) is 0 Å². The van der Waals surface area contributed by atoms with Gasteiger partial charge in [0.05, 0.1) is 12.2 Å². The summed E-state index contributed by atoms with van der Waals surface area (Å²) >= 11 is 0. The highest BCUT2D eigenvalue weighted by Crippen LogP contribution is 2.02. The van der Waals surface area contributed by atoms with Crippen molar-refractivity contribution in [3.8, 4) is 11.8 Å². The molecule has 1 aromatic heterocycles. The van der Waals surface area contributed by atoms with Gasteiger partial charge in [-0.1, -0.05) is 30.0 Å². The van der Waals surface area contributed by atoms with Crippen LogP contribution in [0.3, 0.4) is 0 Å². The number of ketones is 1. The van der Waals surface area contributed by atoms with Gasteiger partial charge in [0.15, 0.2) is 5.78 Å². The van der Waals surface area contributed by atoms with Crippen LogP contribution in [0.4, 0.5) is 0 Å². The van der Waals surface area contributed by atoms with Crippen LogP contribution in [-0.2, 0) is 6.54 Å². The number of carbonyl (C=O) groups is 1. The van der Waals surface area contributed by atoms with Crippen LogP contribution < -0.4 is 0 Å². The summed E-state index contributed by atoms with van der Waals surface area (Å²) in [5.41, 5.74) is 1.69. The highest BCUT2D eigenvalue weighted by atomic mass is 16.1. The first kappa shape index (κ1) is 11.2. The lowest BCUT2D eigenvalue weighted by atomic mass is 10.2. The second-order valence-corrected chi connectivity index (χ2v) is 3.75. The second kappa shape index (κ2) is 5.18. The fourth-order valence-electron chi connectivity index (χ4n) is 1.62. The molecule has 2 aromatic rings. The molecule has 0 atom stereocenters. The van der Waals surface area contributed by atoms with Gasteiger partial charge in [0.25, 0.3) is 0 Å². The number of hydrogen-bond acceptors (Lipinski definition) is 1. The molecule has 2 heteroatoms. The predicted molar refractivity (Wildman–Crippen MR) is 67.8 cm³/mol. The van der Waals surface area contributed by atoms with Gasteiger partial charge in [-0.25, -0.2) is 0 Å². The molecule has 17 heavy (non-hydrogen) atoms. The highest BCUT2D eigenvalue weighted by Gasteiger charge is 2.03. The minimum Gasteiger partial charge on any atom is -0.333 e. The van der Waals surface area contributed by atoms with Gasteiger partial charge >= 0.3 is 0 Å². The van der Waals surface area contributed by atoms with Crippen LogP contribution in [0.25, 0.3) is 0 Å². The summed E-state index contributed by atoms with van der Waals surface area (Å²) in [7, 11) is 0. The first-order valence-electron chi connectivity index (χ1n) is 5.47. The smallest absolute Gasteiger partial charge is 0.176 e. The lowest BCUT2D eigenvalue weighted by Crippen LogP contribution is -2.04. The Bertz CT molecular complexity index is 570. The van der Waals surface area contributed by atoms with E-state index in [1.54, 1.807) is 6.92 Å². The van der Waals surface area contributed by atoms with Gasteiger partial charge in [-0.3, -0.25) is 4.79 Å². The Labute approximate surface area is 101 Å². The van der Waals surface area contributed by atoms with Crippen molar-refractivity contribution in [2.24, 2.45) is 0 Å². The van der Waals surface area contributed by atoms with Crippen molar-refractivity contribution in [2.75, 3.05) is 0 Å². The number of hydrogen-bond donors (Lipinski definition) is 0. The van der Waals surface area contributed by atoms with E-state index in [1.807, 2.05) is 53.2 Å². The number of carbonyl (C=O) groups excluding carboxylic acids is 1. The molecule has 0 radical (unpaired) electrons. The van der Waals surface area contributed by atoms with Crippen molar-refractivity contribution >= 4 is 5.78 Å². The van der Waals surface area contributed by atoms with E-state index in [2.05, 4.69) is 11.8 Å². The quantitative estimate of drug-likeness (QED) is 0.566. The molecule has 0 aliphatic rings. The first-order valence-corrected chi connectivity index (χ1v) is 5.47. The highest BCUT2D eigenvalue weighted by molar-refractivity contribution is 5.92. The summed E-state index contributed by atoms with van der Waals surface area (Å²) in [4.78, 5) is 11.3. The van der Waals surface area contributed by atoms with Gasteiger partial charge in [0.1, 0.15) is 0 Å². The zero-order valence-electron chi connectivity index (χ0n) is 9.68. The molecule has 0 N–H and O–H groups in total. The average molecular weight is 223 g/mol. The number of rotatable bonds is 2. The Balaban J connectivity index is 2.11. The van der Waals surface area contributed by atoms with Crippen LogP contribution >= 0.6 is 0 Å². The molecule has 0 aliphatic carbocycles. The van der Waals surface area contributed by atoms with Crippen LogP contribution in [0, 0.1) is 11.8 Å². The van der Waals surface area contributed by atoms with E-state index in [1.165, 1.54) is 0 Å².